The second-order valence-corrected chi connectivity index (χ2v) is 8.42. The third kappa shape index (κ3) is 6.03. The van der Waals surface area contributed by atoms with Crippen LogP contribution < -0.4 is 20.1 Å². The van der Waals surface area contributed by atoms with Crippen LogP contribution in [0.1, 0.15) is 34.6 Å². The molecule has 0 radical (unpaired) electrons. The molecule has 0 aliphatic carbocycles. The lowest BCUT2D eigenvalue weighted by molar-refractivity contribution is 0.0281. The van der Waals surface area contributed by atoms with Crippen LogP contribution in [0, 0.1) is 5.92 Å². The maximum Gasteiger partial charge on any atom is 0.259 e. The number of nitrogens with one attached hydrogen (secondary N) is 2. The maximum atomic E-state index is 13.4. The third-order valence-electron chi connectivity index (χ3n) is 5.83. The van der Waals surface area contributed by atoms with Crippen LogP contribution in [0.2, 0.25) is 0 Å². The topological polar surface area (TPSA) is 89.1 Å². The van der Waals surface area contributed by atoms with E-state index >= 15 is 0 Å². The van der Waals surface area contributed by atoms with Crippen molar-refractivity contribution in [2.24, 2.45) is 5.92 Å². The molecule has 2 amide bonds. The van der Waals surface area contributed by atoms with E-state index in [1.807, 2.05) is 6.92 Å². The Kier molecular flexibility index (Phi) is 8.30. The summed E-state index contributed by atoms with van der Waals surface area (Å²) >= 11 is 0. The first kappa shape index (κ1) is 24.5. The quantitative estimate of drug-likeness (QED) is 0.737. The van der Waals surface area contributed by atoms with Crippen molar-refractivity contribution in [3.63, 3.8) is 0 Å². The standard InChI is InChI=1S/C25H33N3O5/c1-16-13-26-17(2)15-33-22-11-10-18(12-20(22)25(30)28(3)14-23(16)32-5)27-24(29)19-8-6-7-9-21(19)31-4/h6-12,16-17,23,26H,13-15H2,1-5H3,(H,27,29)/t16-,17+,23+/m0/s1. The number of benzene rings is 2. The van der Waals surface area contributed by atoms with Crippen molar-refractivity contribution in [3.8, 4) is 11.5 Å². The molecule has 3 atom stereocenters. The number of anilines is 1. The minimum atomic E-state index is -0.326. The normalized spacial score (nSPS) is 21.8. The molecule has 0 unspecified atom stereocenters. The van der Waals surface area contributed by atoms with Crippen LogP contribution in [0.3, 0.4) is 0 Å². The van der Waals surface area contributed by atoms with Crippen molar-refractivity contribution < 1.29 is 23.8 Å². The van der Waals surface area contributed by atoms with Gasteiger partial charge < -0.3 is 29.7 Å². The second-order valence-electron chi connectivity index (χ2n) is 8.42. The highest BCUT2D eigenvalue weighted by Gasteiger charge is 2.26. The molecule has 178 valence electrons. The van der Waals surface area contributed by atoms with Crippen molar-refractivity contribution in [2.45, 2.75) is 26.0 Å². The Bertz CT molecular complexity index is 980. The molecule has 0 saturated carbocycles. The third-order valence-corrected chi connectivity index (χ3v) is 5.83. The number of para-hydroxylation sites is 1. The van der Waals surface area contributed by atoms with Gasteiger partial charge in [0.15, 0.2) is 0 Å². The molecule has 33 heavy (non-hydrogen) atoms. The molecule has 2 aromatic rings. The summed E-state index contributed by atoms with van der Waals surface area (Å²) in [5.74, 6) is 0.625. The summed E-state index contributed by atoms with van der Waals surface area (Å²) in [6.07, 6.45) is -0.115. The molecule has 0 spiro atoms. The minimum Gasteiger partial charge on any atom is -0.496 e. The van der Waals surface area contributed by atoms with Crippen LogP contribution in [-0.2, 0) is 4.74 Å². The fourth-order valence-corrected chi connectivity index (χ4v) is 3.77. The zero-order chi connectivity index (χ0) is 24.0. The van der Waals surface area contributed by atoms with E-state index in [2.05, 4.69) is 17.6 Å². The predicted octanol–water partition coefficient (Wildman–Crippen LogP) is 3.04. The van der Waals surface area contributed by atoms with E-state index in [0.29, 0.717) is 41.5 Å². The van der Waals surface area contributed by atoms with Crippen molar-refractivity contribution in [2.75, 3.05) is 46.3 Å². The lowest BCUT2D eigenvalue weighted by Crippen LogP contribution is -2.44. The SMILES string of the molecule is COc1ccccc1C(=O)Nc1ccc2c(c1)C(=O)N(C)C[C@@H](OC)[C@@H](C)CN[C@H](C)CO2. The molecule has 1 aliphatic heterocycles. The fraction of sp³-hybridized carbons (Fsp3) is 0.440. The van der Waals surface area contributed by atoms with Gasteiger partial charge in [-0.15, -0.1) is 0 Å². The highest BCUT2D eigenvalue weighted by Crippen LogP contribution is 2.27. The molecule has 2 N–H and O–H groups in total. The highest BCUT2D eigenvalue weighted by atomic mass is 16.5. The van der Waals surface area contributed by atoms with Gasteiger partial charge in [0.1, 0.15) is 18.1 Å². The second kappa shape index (κ2) is 11.2. The van der Waals surface area contributed by atoms with Crippen LogP contribution in [0.4, 0.5) is 5.69 Å². The number of hydrogen-bond donors (Lipinski definition) is 2. The Balaban J connectivity index is 1.90. The first-order valence-electron chi connectivity index (χ1n) is 11.1. The van der Waals surface area contributed by atoms with Crippen LogP contribution >= 0.6 is 0 Å². The molecule has 0 fully saturated rings. The van der Waals surface area contributed by atoms with Crippen LogP contribution in [0.5, 0.6) is 11.5 Å². The van der Waals surface area contributed by atoms with Crippen molar-refractivity contribution >= 4 is 17.5 Å². The molecule has 3 rings (SSSR count). The number of carbonyl (C=O) groups excluding carboxylic acids is 2. The zero-order valence-corrected chi connectivity index (χ0v) is 19.9. The number of nitrogens with zero attached hydrogens (tertiary/aromatic N) is 1. The summed E-state index contributed by atoms with van der Waals surface area (Å²) in [6, 6.07) is 12.2. The monoisotopic (exact) mass is 455 g/mol. The van der Waals surface area contributed by atoms with Gasteiger partial charge >= 0.3 is 0 Å². The van der Waals surface area contributed by atoms with E-state index in [1.54, 1.807) is 61.5 Å². The Labute approximate surface area is 195 Å². The van der Waals surface area contributed by atoms with Crippen LogP contribution in [0.25, 0.3) is 0 Å². The Morgan fingerprint density at radius 3 is 2.67 bits per heavy atom. The van der Waals surface area contributed by atoms with Crippen molar-refractivity contribution in [3.05, 3.63) is 53.6 Å². The molecule has 0 saturated heterocycles. The fourth-order valence-electron chi connectivity index (χ4n) is 3.77. The number of hydrogen-bond acceptors (Lipinski definition) is 6. The summed E-state index contributed by atoms with van der Waals surface area (Å²) in [7, 11) is 4.92. The van der Waals surface area contributed by atoms with Crippen molar-refractivity contribution in [1.82, 2.24) is 10.2 Å². The van der Waals surface area contributed by atoms with Crippen molar-refractivity contribution in [1.29, 1.82) is 0 Å². The molecule has 8 heteroatoms. The molecule has 2 aromatic carbocycles. The summed E-state index contributed by atoms with van der Waals surface area (Å²) in [6.45, 7) is 5.73. The lowest BCUT2D eigenvalue weighted by Gasteiger charge is -2.30. The number of likely N-dealkylation sites (N-methyl/N-ethyl adjacent to an activating group) is 1. The molecule has 0 bridgehead atoms. The van der Waals surface area contributed by atoms with Gasteiger partial charge in [0.25, 0.3) is 11.8 Å². The number of rotatable bonds is 4. The summed E-state index contributed by atoms with van der Waals surface area (Å²) < 4.78 is 16.9. The van der Waals surface area contributed by atoms with E-state index < -0.39 is 0 Å². The smallest absolute Gasteiger partial charge is 0.259 e. The maximum absolute atomic E-state index is 13.4. The summed E-state index contributed by atoms with van der Waals surface area (Å²) in [5, 5.41) is 6.32. The number of amides is 2. The molecule has 8 nitrogen and oxygen atoms in total. The number of ether oxygens (including phenoxy) is 3. The first-order chi connectivity index (χ1) is 15.8. The molecule has 0 aromatic heterocycles. The van der Waals surface area contributed by atoms with Crippen LogP contribution in [-0.4, -0.2) is 69.8 Å². The Morgan fingerprint density at radius 1 is 1.18 bits per heavy atom. The van der Waals surface area contributed by atoms with Gasteiger partial charge in [0, 0.05) is 39.0 Å². The lowest BCUT2D eigenvalue weighted by atomic mass is 10.0. The van der Waals surface area contributed by atoms with E-state index in [0.717, 1.165) is 6.54 Å². The average molecular weight is 456 g/mol. The largest absolute Gasteiger partial charge is 0.496 e. The van der Waals surface area contributed by atoms with Gasteiger partial charge in [-0.2, -0.15) is 0 Å². The summed E-state index contributed by atoms with van der Waals surface area (Å²) in [4.78, 5) is 27.8. The first-order valence-corrected chi connectivity index (χ1v) is 11.1. The highest BCUT2D eigenvalue weighted by molar-refractivity contribution is 6.07. The van der Waals surface area contributed by atoms with Crippen LogP contribution in [0.15, 0.2) is 42.5 Å². The van der Waals surface area contributed by atoms with E-state index in [1.165, 1.54) is 7.11 Å². The number of carbonyl (C=O) groups is 2. The molecule has 1 heterocycles. The van der Waals surface area contributed by atoms with Gasteiger partial charge in [-0.25, -0.2) is 0 Å². The molecular weight excluding hydrogens is 422 g/mol. The van der Waals surface area contributed by atoms with Gasteiger partial charge in [0.2, 0.25) is 0 Å². The van der Waals surface area contributed by atoms with E-state index in [4.69, 9.17) is 14.2 Å². The Hall–Kier alpha value is -3.10. The average Bonchev–Trinajstić information content (AvgIpc) is 2.83. The molecular formula is C25H33N3O5. The predicted molar refractivity (Wildman–Crippen MR) is 127 cm³/mol. The molecule has 1 aliphatic rings. The van der Waals surface area contributed by atoms with E-state index in [9.17, 15) is 9.59 Å². The minimum absolute atomic E-state index is 0.0926. The summed E-state index contributed by atoms with van der Waals surface area (Å²) in [5.41, 5.74) is 1.28. The number of methoxy groups -OCH3 is 2. The van der Waals surface area contributed by atoms with Gasteiger partial charge in [-0.05, 0) is 43.2 Å². The van der Waals surface area contributed by atoms with Gasteiger partial charge in [-0.3, -0.25) is 9.59 Å². The van der Waals surface area contributed by atoms with Gasteiger partial charge in [0.05, 0.1) is 24.3 Å². The Morgan fingerprint density at radius 2 is 1.94 bits per heavy atom. The zero-order valence-electron chi connectivity index (χ0n) is 19.9. The van der Waals surface area contributed by atoms with E-state index in [-0.39, 0.29) is 29.9 Å². The number of fused-ring (bicyclic) bond motifs is 1. The van der Waals surface area contributed by atoms with Gasteiger partial charge in [-0.1, -0.05) is 19.1 Å².